The van der Waals surface area contributed by atoms with Crippen molar-refractivity contribution in [1.82, 2.24) is 9.13 Å². The van der Waals surface area contributed by atoms with Crippen LogP contribution in [0.3, 0.4) is 0 Å². The van der Waals surface area contributed by atoms with E-state index in [0.717, 1.165) is 13.1 Å². The van der Waals surface area contributed by atoms with E-state index in [4.69, 9.17) is 0 Å². The molecule has 0 amide bonds. The Balaban J connectivity index is 0. The highest BCUT2D eigenvalue weighted by molar-refractivity contribution is 7.87. The van der Waals surface area contributed by atoms with Gasteiger partial charge in [0.1, 0.15) is 24.8 Å². The van der Waals surface area contributed by atoms with Crippen molar-refractivity contribution < 1.29 is 114 Å². The van der Waals surface area contributed by atoms with Gasteiger partial charge in [-0.05, 0) is 13.8 Å². The smallest absolute Gasteiger partial charge is 0.460 e. The summed E-state index contributed by atoms with van der Waals surface area (Å²) in [5.74, 6) is -29.6. The summed E-state index contributed by atoms with van der Waals surface area (Å²) < 4.78 is 279. The van der Waals surface area contributed by atoms with Crippen molar-refractivity contribution >= 4 is 20.2 Å². The van der Waals surface area contributed by atoms with Gasteiger partial charge >= 0.3 is 46.6 Å². The lowest BCUT2D eigenvalue weighted by atomic mass is 10.1. The maximum atomic E-state index is 12.2. The fourth-order valence-electron chi connectivity index (χ4n) is 2.41. The predicted octanol–water partition coefficient (Wildman–Crippen LogP) is 4.58. The highest BCUT2D eigenvalue weighted by Crippen LogP contribution is 2.55. The van der Waals surface area contributed by atoms with Gasteiger partial charge in [-0.15, -0.1) is 0 Å². The molecule has 0 saturated carbocycles. The first-order chi connectivity index (χ1) is 21.7. The number of rotatable bonds is 8. The quantitative estimate of drug-likeness (QED) is 0.218. The van der Waals surface area contributed by atoms with Gasteiger partial charge in [0.25, 0.3) is 0 Å². The lowest BCUT2D eigenvalue weighted by Crippen LogP contribution is -2.63. The van der Waals surface area contributed by atoms with E-state index in [1.165, 1.54) is 0 Å². The van der Waals surface area contributed by atoms with Crippen molar-refractivity contribution in [2.45, 2.75) is 73.5 Å². The maximum absolute atomic E-state index is 12.2. The van der Waals surface area contributed by atoms with Crippen LogP contribution < -0.4 is 9.13 Å². The number of aryl methyl sites for hydroxylation is 4. The third-order valence-electron chi connectivity index (χ3n) is 5.24. The number of aromatic nitrogens is 4. The molecule has 2 rings (SSSR count). The number of alkyl halides is 18. The van der Waals surface area contributed by atoms with Crippen LogP contribution in [0.5, 0.6) is 0 Å². The average Bonchev–Trinajstić information content (AvgIpc) is 3.54. The van der Waals surface area contributed by atoms with Crippen LogP contribution >= 0.6 is 0 Å². The van der Waals surface area contributed by atoms with Gasteiger partial charge in [-0.1, -0.05) is 0 Å². The Kier molecular flexibility index (Phi) is 15.4. The van der Waals surface area contributed by atoms with Crippen molar-refractivity contribution in [1.29, 1.82) is 0 Å². The lowest BCUT2D eigenvalue weighted by Gasteiger charge is -2.34. The molecule has 0 aromatic carbocycles. The van der Waals surface area contributed by atoms with Gasteiger partial charge in [0, 0.05) is 0 Å². The second kappa shape index (κ2) is 15.7. The summed E-state index contributed by atoms with van der Waals surface area (Å²) in [6.45, 7) is 6.36. The SMILES string of the molecule is CCn1cc[n+](C)c1.CCn1cc[n+](C)c1.O=S(=O)([O-])C(F)(F)C(F)(F)C(F)(F)C(F)(F)F.O=S(=O)([O-])C(F)(F)C(F)(F)C(F)(F)C(F)(F)F. The molecule has 296 valence electrons. The summed E-state index contributed by atoms with van der Waals surface area (Å²) in [5, 5.41) is -14.2. The van der Waals surface area contributed by atoms with Crippen molar-refractivity contribution in [3.8, 4) is 0 Å². The molecule has 0 N–H and O–H groups in total. The first kappa shape index (κ1) is 49.1. The molecule has 0 aliphatic rings. The van der Waals surface area contributed by atoms with Gasteiger partial charge in [0.15, 0.2) is 20.2 Å². The summed E-state index contributed by atoms with van der Waals surface area (Å²) in [6, 6.07) is 0. The standard InChI is InChI=1S/2C6H11N2.2C4HF9O3S/c2*1-3-8-5-4-7(2)6-8;2*5-1(6,3(9,10)11)2(7,8)4(12,13)17(14,15)16/h2*4-6H,3H2,1-2H3;2*(H,14,15,16)/q2*+1;;/p-2. The van der Waals surface area contributed by atoms with Crippen LogP contribution in [0.1, 0.15) is 13.8 Å². The molecule has 0 unspecified atom stereocenters. The van der Waals surface area contributed by atoms with Gasteiger partial charge in [0.05, 0.1) is 27.2 Å². The molecule has 0 aliphatic carbocycles. The summed E-state index contributed by atoms with van der Waals surface area (Å²) in [6.07, 6.45) is -2.04. The monoisotopic (exact) mass is 820 g/mol. The summed E-state index contributed by atoms with van der Waals surface area (Å²) in [7, 11) is -10.8. The minimum absolute atomic E-state index is 1.06. The van der Waals surface area contributed by atoms with E-state index in [0.29, 0.717) is 0 Å². The Morgan fingerprint density at radius 1 is 0.500 bits per heavy atom. The average molecular weight is 821 g/mol. The topological polar surface area (TPSA) is 132 Å². The molecule has 0 atom stereocenters. The fraction of sp³-hybridized carbons (Fsp3) is 0.700. The van der Waals surface area contributed by atoms with E-state index < -0.39 is 66.8 Å². The van der Waals surface area contributed by atoms with Crippen molar-refractivity contribution in [2.24, 2.45) is 14.1 Å². The van der Waals surface area contributed by atoms with Crippen LogP contribution in [0.15, 0.2) is 37.4 Å². The van der Waals surface area contributed by atoms with E-state index in [1.54, 1.807) is 0 Å². The number of hydrogen-bond acceptors (Lipinski definition) is 6. The molecule has 2 heterocycles. The third-order valence-corrected chi connectivity index (χ3v) is 7.01. The van der Waals surface area contributed by atoms with E-state index in [-0.39, 0.29) is 0 Å². The maximum Gasteiger partial charge on any atom is 0.460 e. The zero-order valence-corrected chi connectivity index (χ0v) is 26.4. The molecule has 0 spiro atoms. The highest BCUT2D eigenvalue weighted by atomic mass is 32.2. The van der Waals surface area contributed by atoms with Crippen LogP contribution in [0, 0.1) is 0 Å². The minimum atomic E-state index is -7.43. The largest absolute Gasteiger partial charge is 0.743 e. The zero-order valence-electron chi connectivity index (χ0n) is 24.7. The number of imidazole rings is 2. The minimum Gasteiger partial charge on any atom is -0.743 e. The number of hydrogen-bond donors (Lipinski definition) is 0. The van der Waals surface area contributed by atoms with E-state index >= 15 is 0 Å². The lowest BCUT2D eigenvalue weighted by molar-refractivity contribution is -0.671. The molecule has 2 aromatic rings. The Morgan fingerprint density at radius 2 is 0.720 bits per heavy atom. The second-order valence-electron chi connectivity index (χ2n) is 9.05. The molecule has 10 nitrogen and oxygen atoms in total. The van der Waals surface area contributed by atoms with Crippen molar-refractivity contribution in [3.05, 3.63) is 37.4 Å². The fourth-order valence-corrected chi connectivity index (χ4v) is 3.30. The molecular formula is C20H22F18N4O6S2. The zero-order chi connectivity index (χ0) is 41.0. The van der Waals surface area contributed by atoms with Crippen molar-refractivity contribution in [3.63, 3.8) is 0 Å². The van der Waals surface area contributed by atoms with Gasteiger partial charge in [-0.25, -0.2) is 35.1 Å². The van der Waals surface area contributed by atoms with Crippen LogP contribution in [-0.2, 0) is 47.4 Å². The van der Waals surface area contributed by atoms with Gasteiger partial charge in [-0.3, -0.25) is 0 Å². The van der Waals surface area contributed by atoms with E-state index in [1.807, 2.05) is 35.6 Å². The second-order valence-corrected chi connectivity index (χ2v) is 11.9. The van der Waals surface area contributed by atoms with E-state index in [9.17, 15) is 105 Å². The molecule has 0 radical (unpaired) electrons. The van der Waals surface area contributed by atoms with Gasteiger partial charge < -0.3 is 9.11 Å². The van der Waals surface area contributed by atoms with Gasteiger partial charge in [-0.2, -0.15) is 79.0 Å². The summed E-state index contributed by atoms with van der Waals surface area (Å²) in [5.41, 5.74) is 0. The number of halogens is 18. The Bertz CT molecular complexity index is 1480. The molecule has 0 fully saturated rings. The summed E-state index contributed by atoms with van der Waals surface area (Å²) in [4.78, 5) is 0. The molecule has 0 bridgehead atoms. The van der Waals surface area contributed by atoms with Crippen molar-refractivity contribution in [2.75, 3.05) is 0 Å². The third kappa shape index (κ3) is 10.5. The molecule has 2 aromatic heterocycles. The predicted molar refractivity (Wildman–Crippen MR) is 124 cm³/mol. The molecular weight excluding hydrogens is 798 g/mol. The molecule has 50 heavy (non-hydrogen) atoms. The molecule has 30 heteroatoms. The Hall–Kier alpha value is -3.02. The van der Waals surface area contributed by atoms with Crippen LogP contribution in [0.2, 0.25) is 0 Å². The van der Waals surface area contributed by atoms with Crippen LogP contribution in [0.25, 0.3) is 0 Å². The molecule has 0 aliphatic heterocycles. The Morgan fingerprint density at radius 3 is 0.820 bits per heavy atom. The first-order valence-corrected chi connectivity index (χ1v) is 14.8. The van der Waals surface area contributed by atoms with Crippen LogP contribution in [0.4, 0.5) is 79.0 Å². The summed E-state index contributed by atoms with van der Waals surface area (Å²) >= 11 is 0. The first-order valence-electron chi connectivity index (χ1n) is 12.0. The molecule has 0 saturated heterocycles. The normalized spacial score (nSPS) is 14.1. The number of nitrogens with zero attached hydrogens (tertiary/aromatic N) is 4. The Labute approximate surface area is 269 Å². The highest BCUT2D eigenvalue weighted by Gasteiger charge is 2.85. The van der Waals surface area contributed by atoms with Gasteiger partial charge in [0.2, 0.25) is 12.7 Å². The van der Waals surface area contributed by atoms with Crippen LogP contribution in [-0.4, -0.2) is 81.6 Å². The van der Waals surface area contributed by atoms with E-state index in [2.05, 4.69) is 48.0 Å².